The summed E-state index contributed by atoms with van der Waals surface area (Å²) in [4.78, 5) is 18.3. The average molecular weight is 425 g/mol. The number of rotatable bonds is 5. The highest BCUT2D eigenvalue weighted by molar-refractivity contribution is 5.96. The van der Waals surface area contributed by atoms with Crippen LogP contribution in [-0.2, 0) is 7.05 Å². The van der Waals surface area contributed by atoms with Gasteiger partial charge < -0.3 is 9.88 Å². The van der Waals surface area contributed by atoms with Gasteiger partial charge in [-0.25, -0.2) is 9.50 Å². The van der Waals surface area contributed by atoms with E-state index < -0.39 is 0 Å². The SMILES string of the molecule is C[C@H](Nc1ccnn2ccnc12)c1cc2cccc(-c3cnn(C)c3)c2c(=O)n1C1CC1. The number of aromatic nitrogens is 6. The monoisotopic (exact) mass is 425 g/mol. The van der Waals surface area contributed by atoms with E-state index in [1.165, 1.54) is 0 Å². The van der Waals surface area contributed by atoms with Crippen LogP contribution in [0.2, 0.25) is 0 Å². The van der Waals surface area contributed by atoms with Crippen molar-refractivity contribution >= 4 is 22.1 Å². The van der Waals surface area contributed by atoms with Crippen LogP contribution in [0.4, 0.5) is 5.69 Å². The summed E-state index contributed by atoms with van der Waals surface area (Å²) in [6.07, 6.45) is 11.1. The van der Waals surface area contributed by atoms with Crippen LogP contribution in [0, 0.1) is 0 Å². The molecule has 160 valence electrons. The number of pyridine rings is 1. The quantitative estimate of drug-likeness (QED) is 0.461. The molecule has 1 atom stereocenters. The van der Waals surface area contributed by atoms with E-state index in [0.717, 1.165) is 51.8 Å². The van der Waals surface area contributed by atoms with E-state index in [4.69, 9.17) is 0 Å². The van der Waals surface area contributed by atoms with Gasteiger partial charge >= 0.3 is 0 Å². The van der Waals surface area contributed by atoms with Crippen molar-refractivity contribution in [2.75, 3.05) is 5.32 Å². The molecule has 8 heteroatoms. The lowest BCUT2D eigenvalue weighted by Crippen LogP contribution is -2.26. The Bertz CT molecular complexity index is 1520. The second-order valence-electron chi connectivity index (χ2n) is 8.45. The molecule has 32 heavy (non-hydrogen) atoms. The fourth-order valence-electron chi connectivity index (χ4n) is 4.50. The predicted octanol–water partition coefficient (Wildman–Crippen LogP) is 3.95. The van der Waals surface area contributed by atoms with Crippen LogP contribution in [-0.4, -0.2) is 28.9 Å². The largest absolute Gasteiger partial charge is 0.374 e. The molecule has 4 heterocycles. The maximum atomic E-state index is 13.8. The zero-order chi connectivity index (χ0) is 21.8. The summed E-state index contributed by atoms with van der Waals surface area (Å²) in [5.74, 6) is 0. The van der Waals surface area contributed by atoms with Gasteiger partial charge in [0.2, 0.25) is 0 Å². The van der Waals surface area contributed by atoms with Crippen molar-refractivity contribution in [2.24, 2.45) is 7.05 Å². The highest BCUT2D eigenvalue weighted by Crippen LogP contribution is 2.38. The smallest absolute Gasteiger partial charge is 0.259 e. The summed E-state index contributed by atoms with van der Waals surface area (Å²) >= 11 is 0. The standard InChI is InChI=1S/C24H23N7O/c1-15(28-20-8-9-26-30-11-10-25-23(20)30)21-12-16-4-3-5-19(17-13-27-29(2)14-17)22(16)24(32)31(21)18-6-7-18/h3-5,8-15,18,28H,6-7H2,1-2H3/t15-/m0/s1. The molecule has 0 aliphatic heterocycles. The Balaban J connectivity index is 1.51. The summed E-state index contributed by atoms with van der Waals surface area (Å²) in [6.45, 7) is 2.09. The molecule has 6 rings (SSSR count). The molecule has 8 nitrogen and oxygen atoms in total. The minimum absolute atomic E-state index is 0.0637. The predicted molar refractivity (Wildman–Crippen MR) is 124 cm³/mol. The lowest BCUT2D eigenvalue weighted by atomic mass is 10.00. The molecular formula is C24H23N7O. The molecule has 1 fully saturated rings. The molecule has 1 N–H and O–H groups in total. The molecule has 0 unspecified atom stereocenters. The third kappa shape index (κ3) is 2.98. The first kappa shape index (κ1) is 18.8. The van der Waals surface area contributed by atoms with Crippen molar-refractivity contribution in [3.63, 3.8) is 0 Å². The Morgan fingerprint density at radius 2 is 2.03 bits per heavy atom. The molecule has 0 bridgehead atoms. The van der Waals surface area contributed by atoms with Crippen LogP contribution in [0.15, 0.2) is 66.1 Å². The molecule has 0 saturated heterocycles. The second-order valence-corrected chi connectivity index (χ2v) is 8.45. The maximum absolute atomic E-state index is 13.8. The number of nitrogens with zero attached hydrogens (tertiary/aromatic N) is 6. The van der Waals surface area contributed by atoms with Gasteiger partial charge in [-0.05, 0) is 42.8 Å². The molecule has 1 aliphatic rings. The van der Waals surface area contributed by atoms with Crippen molar-refractivity contribution in [3.05, 3.63) is 77.4 Å². The number of fused-ring (bicyclic) bond motifs is 2. The molecule has 0 spiro atoms. The zero-order valence-electron chi connectivity index (χ0n) is 17.9. The first-order chi connectivity index (χ1) is 15.6. The van der Waals surface area contributed by atoms with Crippen molar-refractivity contribution < 1.29 is 0 Å². The van der Waals surface area contributed by atoms with E-state index in [0.29, 0.717) is 0 Å². The summed E-state index contributed by atoms with van der Waals surface area (Å²) < 4.78 is 5.49. The normalized spacial score (nSPS) is 14.8. The first-order valence-electron chi connectivity index (χ1n) is 10.8. The van der Waals surface area contributed by atoms with Gasteiger partial charge in [0.05, 0.1) is 29.5 Å². The van der Waals surface area contributed by atoms with Crippen molar-refractivity contribution in [2.45, 2.75) is 31.8 Å². The number of hydrogen-bond donors (Lipinski definition) is 1. The molecule has 1 saturated carbocycles. The van der Waals surface area contributed by atoms with Gasteiger partial charge in [-0.15, -0.1) is 0 Å². The van der Waals surface area contributed by atoms with Gasteiger partial charge in [0, 0.05) is 42.9 Å². The number of benzene rings is 1. The van der Waals surface area contributed by atoms with Gasteiger partial charge in [0.25, 0.3) is 5.56 Å². The molecule has 0 radical (unpaired) electrons. The average Bonchev–Trinajstić information content (AvgIpc) is 3.33. The number of hydrogen-bond acceptors (Lipinski definition) is 5. The van der Waals surface area contributed by atoms with E-state index in [9.17, 15) is 4.79 Å². The minimum atomic E-state index is -0.0855. The number of nitrogens with one attached hydrogen (secondary N) is 1. The number of imidazole rings is 1. The summed E-state index contributed by atoms with van der Waals surface area (Å²) in [5, 5.41) is 13.8. The third-order valence-corrected chi connectivity index (χ3v) is 6.15. The van der Waals surface area contributed by atoms with Crippen LogP contribution in [0.25, 0.3) is 27.5 Å². The van der Waals surface area contributed by atoms with Gasteiger partial charge in [0.1, 0.15) is 0 Å². The summed E-state index contributed by atoms with van der Waals surface area (Å²) in [6, 6.07) is 10.3. The molecule has 5 aromatic rings. The van der Waals surface area contributed by atoms with E-state index in [1.54, 1.807) is 21.6 Å². The van der Waals surface area contributed by atoms with Gasteiger partial charge in [-0.2, -0.15) is 10.2 Å². The fraction of sp³-hybridized carbons (Fsp3) is 0.250. The van der Waals surface area contributed by atoms with E-state index in [2.05, 4.69) is 33.5 Å². The maximum Gasteiger partial charge on any atom is 0.259 e. The molecule has 1 aliphatic carbocycles. The van der Waals surface area contributed by atoms with Crippen LogP contribution in [0.5, 0.6) is 0 Å². The van der Waals surface area contributed by atoms with Crippen LogP contribution in [0.1, 0.15) is 37.5 Å². The van der Waals surface area contributed by atoms with E-state index >= 15 is 0 Å². The molecular weight excluding hydrogens is 402 g/mol. The van der Waals surface area contributed by atoms with E-state index in [1.807, 2.05) is 54.5 Å². The lowest BCUT2D eigenvalue weighted by Gasteiger charge is -2.22. The lowest BCUT2D eigenvalue weighted by molar-refractivity contribution is 0.637. The van der Waals surface area contributed by atoms with Crippen LogP contribution >= 0.6 is 0 Å². The van der Waals surface area contributed by atoms with Gasteiger partial charge in [-0.1, -0.05) is 18.2 Å². The van der Waals surface area contributed by atoms with Gasteiger partial charge in [0.15, 0.2) is 5.65 Å². The van der Waals surface area contributed by atoms with E-state index in [-0.39, 0.29) is 17.6 Å². The molecule has 1 aromatic carbocycles. The Morgan fingerprint density at radius 1 is 1.16 bits per heavy atom. The zero-order valence-corrected chi connectivity index (χ0v) is 17.9. The third-order valence-electron chi connectivity index (χ3n) is 6.15. The Kier molecular flexibility index (Phi) is 4.14. The highest BCUT2D eigenvalue weighted by atomic mass is 16.1. The summed E-state index contributed by atoms with van der Waals surface area (Å²) in [5.41, 5.74) is 4.57. The second kappa shape index (κ2) is 7.05. The topological polar surface area (TPSA) is 82.0 Å². The van der Waals surface area contributed by atoms with Crippen LogP contribution < -0.4 is 10.9 Å². The Labute approximate surface area is 184 Å². The van der Waals surface area contributed by atoms with Crippen molar-refractivity contribution in [3.8, 4) is 11.1 Å². The van der Waals surface area contributed by atoms with Gasteiger partial charge in [-0.3, -0.25) is 9.48 Å². The number of anilines is 1. The minimum Gasteiger partial charge on any atom is -0.374 e. The molecule has 0 amide bonds. The number of aryl methyl sites for hydroxylation is 1. The van der Waals surface area contributed by atoms with Crippen LogP contribution in [0.3, 0.4) is 0 Å². The molecule has 4 aromatic heterocycles. The highest BCUT2D eigenvalue weighted by Gasteiger charge is 2.30. The summed E-state index contributed by atoms with van der Waals surface area (Å²) in [7, 11) is 1.89. The van der Waals surface area contributed by atoms with Crippen molar-refractivity contribution in [1.82, 2.24) is 28.9 Å². The Hall–Kier alpha value is -3.94. The first-order valence-corrected chi connectivity index (χ1v) is 10.8. The Morgan fingerprint density at radius 3 is 2.81 bits per heavy atom. The van der Waals surface area contributed by atoms with Crippen molar-refractivity contribution in [1.29, 1.82) is 0 Å². The fourth-order valence-corrected chi connectivity index (χ4v) is 4.50.